The molecule has 1 aliphatic rings. The van der Waals surface area contributed by atoms with Gasteiger partial charge in [0.25, 0.3) is 0 Å². The van der Waals surface area contributed by atoms with Crippen LogP contribution in [-0.4, -0.2) is 51.5 Å². The highest BCUT2D eigenvalue weighted by atomic mass is 32.1. The molecule has 1 aromatic carbocycles. The summed E-state index contributed by atoms with van der Waals surface area (Å²) in [6.45, 7) is 9.67. The normalized spacial score (nSPS) is 21.1. The molecule has 31 heavy (non-hydrogen) atoms. The van der Waals surface area contributed by atoms with Gasteiger partial charge in [0.05, 0.1) is 34.3 Å². The second-order valence-electron chi connectivity index (χ2n) is 9.36. The summed E-state index contributed by atoms with van der Waals surface area (Å²) in [5.41, 5.74) is 10.6. The quantitative estimate of drug-likeness (QED) is 0.657. The Morgan fingerprint density at radius 1 is 1.29 bits per heavy atom. The number of aliphatic hydroxyl groups is 1. The molecular formula is C23H32N4O3S. The number of nitrogens with one attached hydrogen (secondary N) is 1. The van der Waals surface area contributed by atoms with E-state index in [2.05, 4.69) is 10.3 Å². The van der Waals surface area contributed by atoms with Gasteiger partial charge in [-0.05, 0) is 30.4 Å². The average molecular weight is 445 g/mol. The number of nitrogens with two attached hydrogens (primary N) is 1. The number of aliphatic hydroxyl groups excluding tert-OH is 1. The van der Waals surface area contributed by atoms with Gasteiger partial charge in [-0.1, -0.05) is 45.0 Å². The van der Waals surface area contributed by atoms with Crippen molar-refractivity contribution in [3.8, 4) is 10.4 Å². The number of aromatic nitrogens is 1. The van der Waals surface area contributed by atoms with E-state index in [-0.39, 0.29) is 30.8 Å². The molecule has 1 aliphatic heterocycles. The Morgan fingerprint density at radius 2 is 1.94 bits per heavy atom. The number of thiazole rings is 1. The molecule has 4 atom stereocenters. The minimum Gasteiger partial charge on any atom is -0.391 e. The van der Waals surface area contributed by atoms with Crippen molar-refractivity contribution < 1.29 is 14.7 Å². The lowest BCUT2D eigenvalue weighted by Gasteiger charge is -2.32. The smallest absolute Gasteiger partial charge is 0.243 e. The minimum atomic E-state index is -0.742. The molecule has 1 fully saturated rings. The number of carbonyl (C=O) groups excluding carboxylic acids is 2. The number of benzene rings is 1. The Kier molecular flexibility index (Phi) is 6.83. The first-order valence-electron chi connectivity index (χ1n) is 10.5. The molecule has 0 radical (unpaired) electrons. The zero-order valence-electron chi connectivity index (χ0n) is 18.8. The maximum Gasteiger partial charge on any atom is 0.243 e. The van der Waals surface area contributed by atoms with E-state index in [0.717, 1.165) is 21.7 Å². The van der Waals surface area contributed by atoms with Gasteiger partial charge < -0.3 is 21.1 Å². The number of β-amino-alcohol motifs (C(OH)–C–C–N with tert-alkyl or cyclic N) is 1. The Bertz CT molecular complexity index is 935. The molecule has 8 heteroatoms. The van der Waals surface area contributed by atoms with Gasteiger partial charge in [0.2, 0.25) is 11.8 Å². The molecule has 2 aromatic rings. The van der Waals surface area contributed by atoms with E-state index < -0.39 is 23.6 Å². The van der Waals surface area contributed by atoms with Gasteiger partial charge in [0.1, 0.15) is 6.04 Å². The molecule has 1 aromatic heterocycles. The van der Waals surface area contributed by atoms with Crippen LogP contribution >= 0.6 is 11.3 Å². The number of likely N-dealkylation sites (tertiary alicyclic amines) is 1. The first-order valence-corrected chi connectivity index (χ1v) is 11.4. The first-order chi connectivity index (χ1) is 14.5. The highest BCUT2D eigenvalue weighted by Gasteiger charge is 2.42. The van der Waals surface area contributed by atoms with Crippen molar-refractivity contribution in [1.82, 2.24) is 15.2 Å². The summed E-state index contributed by atoms with van der Waals surface area (Å²) >= 11 is 1.60. The molecule has 1 saturated heterocycles. The summed E-state index contributed by atoms with van der Waals surface area (Å²) < 4.78 is 0. The first kappa shape index (κ1) is 23.4. The second-order valence-corrected chi connectivity index (χ2v) is 10.2. The molecule has 4 N–H and O–H groups in total. The third kappa shape index (κ3) is 5.14. The monoisotopic (exact) mass is 444 g/mol. The number of rotatable bonds is 5. The van der Waals surface area contributed by atoms with Crippen molar-refractivity contribution in [3.63, 3.8) is 0 Å². The van der Waals surface area contributed by atoms with Gasteiger partial charge >= 0.3 is 0 Å². The Hall–Kier alpha value is -2.29. The van der Waals surface area contributed by atoms with Gasteiger partial charge in [-0.2, -0.15) is 0 Å². The standard InChI is InChI=1S/C23H32N4O3S/c1-13(15-6-8-16(9-7-15)19-14(2)25-12-31-19)26-21(29)18-10-17(28)11-27(18)22(30)20(24)23(3,4)5/h6-9,12-13,17-18,20,28H,10-11,24H2,1-5H3,(H,26,29)/t13-,17-,18+,20-/m0/s1. The molecule has 168 valence electrons. The van der Waals surface area contributed by atoms with E-state index in [1.165, 1.54) is 4.90 Å². The maximum absolute atomic E-state index is 13.0. The number of carbonyl (C=O) groups is 2. The minimum absolute atomic E-state index is 0.123. The number of nitrogens with zero attached hydrogens (tertiary/aromatic N) is 2. The van der Waals surface area contributed by atoms with Crippen molar-refractivity contribution in [2.45, 2.75) is 65.3 Å². The van der Waals surface area contributed by atoms with Crippen LogP contribution in [-0.2, 0) is 9.59 Å². The lowest BCUT2D eigenvalue weighted by Crippen LogP contribution is -2.55. The third-order valence-electron chi connectivity index (χ3n) is 5.84. The number of hydrogen-bond donors (Lipinski definition) is 3. The molecular weight excluding hydrogens is 412 g/mol. The van der Waals surface area contributed by atoms with Gasteiger partial charge in [0.15, 0.2) is 0 Å². The maximum atomic E-state index is 13.0. The molecule has 2 heterocycles. The predicted molar refractivity (Wildman–Crippen MR) is 122 cm³/mol. The van der Waals surface area contributed by atoms with E-state index in [4.69, 9.17) is 5.73 Å². The van der Waals surface area contributed by atoms with Crippen molar-refractivity contribution in [2.24, 2.45) is 11.1 Å². The van der Waals surface area contributed by atoms with Crippen molar-refractivity contribution in [1.29, 1.82) is 0 Å². The molecule has 0 unspecified atom stereocenters. The van der Waals surface area contributed by atoms with Crippen LogP contribution in [0, 0.1) is 12.3 Å². The molecule has 0 aliphatic carbocycles. The summed E-state index contributed by atoms with van der Waals surface area (Å²) in [5.74, 6) is -0.581. The third-order valence-corrected chi connectivity index (χ3v) is 6.82. The van der Waals surface area contributed by atoms with Crippen molar-refractivity contribution >= 4 is 23.2 Å². The van der Waals surface area contributed by atoms with Crippen molar-refractivity contribution in [2.75, 3.05) is 6.54 Å². The van der Waals surface area contributed by atoms with Crippen LogP contribution in [0.25, 0.3) is 10.4 Å². The summed E-state index contributed by atoms with van der Waals surface area (Å²) in [5, 5.41) is 13.1. The molecule has 3 rings (SSSR count). The van der Waals surface area contributed by atoms with Crippen LogP contribution in [0.3, 0.4) is 0 Å². The molecule has 0 spiro atoms. The van der Waals surface area contributed by atoms with E-state index >= 15 is 0 Å². The highest BCUT2D eigenvalue weighted by Crippen LogP contribution is 2.29. The topological polar surface area (TPSA) is 109 Å². The SMILES string of the molecule is Cc1ncsc1-c1ccc([C@H](C)NC(=O)[C@H]2C[C@H](O)CN2C(=O)[C@H](N)C(C)(C)C)cc1. The van der Waals surface area contributed by atoms with E-state index in [9.17, 15) is 14.7 Å². The molecule has 0 saturated carbocycles. The zero-order chi connectivity index (χ0) is 22.9. The molecule has 0 bridgehead atoms. The van der Waals surface area contributed by atoms with Crippen LogP contribution < -0.4 is 11.1 Å². The Balaban J connectivity index is 1.69. The van der Waals surface area contributed by atoms with Gasteiger partial charge in [-0.15, -0.1) is 11.3 Å². The summed E-state index contributed by atoms with van der Waals surface area (Å²) in [7, 11) is 0. The Labute approximate surface area is 187 Å². The lowest BCUT2D eigenvalue weighted by molar-refractivity contribution is -0.141. The summed E-state index contributed by atoms with van der Waals surface area (Å²) in [4.78, 5) is 32.7. The summed E-state index contributed by atoms with van der Waals surface area (Å²) in [6.07, 6.45) is -0.519. The molecule has 2 amide bonds. The molecule has 7 nitrogen and oxygen atoms in total. The van der Waals surface area contributed by atoms with Crippen LogP contribution in [0.15, 0.2) is 29.8 Å². The van der Waals surface area contributed by atoms with E-state index in [1.807, 2.05) is 64.4 Å². The summed E-state index contributed by atoms with van der Waals surface area (Å²) in [6, 6.07) is 6.32. The number of amides is 2. The fraction of sp³-hybridized carbons (Fsp3) is 0.522. The average Bonchev–Trinajstić information content (AvgIpc) is 3.31. The lowest BCUT2D eigenvalue weighted by atomic mass is 9.86. The van der Waals surface area contributed by atoms with Gasteiger partial charge in [0, 0.05) is 13.0 Å². The predicted octanol–water partition coefficient (Wildman–Crippen LogP) is 2.63. The number of aryl methyl sites for hydroxylation is 1. The van der Waals surface area contributed by atoms with Crippen LogP contribution in [0.5, 0.6) is 0 Å². The van der Waals surface area contributed by atoms with Crippen LogP contribution in [0.1, 0.15) is 51.4 Å². The largest absolute Gasteiger partial charge is 0.391 e. The highest BCUT2D eigenvalue weighted by molar-refractivity contribution is 7.13. The van der Waals surface area contributed by atoms with Crippen LogP contribution in [0.4, 0.5) is 0 Å². The number of hydrogen-bond acceptors (Lipinski definition) is 6. The fourth-order valence-electron chi connectivity index (χ4n) is 3.75. The van der Waals surface area contributed by atoms with E-state index in [0.29, 0.717) is 0 Å². The zero-order valence-corrected chi connectivity index (χ0v) is 19.6. The Morgan fingerprint density at radius 3 is 2.48 bits per heavy atom. The van der Waals surface area contributed by atoms with E-state index in [1.54, 1.807) is 11.3 Å². The second kappa shape index (κ2) is 9.06. The van der Waals surface area contributed by atoms with Crippen molar-refractivity contribution in [3.05, 3.63) is 41.0 Å². The van der Waals surface area contributed by atoms with Gasteiger partial charge in [-0.3, -0.25) is 9.59 Å². The van der Waals surface area contributed by atoms with Gasteiger partial charge in [-0.25, -0.2) is 4.98 Å². The van der Waals surface area contributed by atoms with Crippen LogP contribution in [0.2, 0.25) is 0 Å². The fourth-order valence-corrected chi connectivity index (χ4v) is 4.56.